The average Bonchev–Trinajstić information content (AvgIpc) is 3.31. The summed E-state index contributed by atoms with van der Waals surface area (Å²) in [5, 5.41) is 24.3. The summed E-state index contributed by atoms with van der Waals surface area (Å²) in [4.78, 5) is 17.4. The first-order valence-corrected chi connectivity index (χ1v) is 11.5. The number of thioether (sulfide) groups is 1. The number of carbonyl (C=O) groups excluding carboxylic acids is 1. The van der Waals surface area contributed by atoms with Crippen LogP contribution in [0.2, 0.25) is 0 Å². The number of thiophene rings is 1. The summed E-state index contributed by atoms with van der Waals surface area (Å²) in [7, 11) is 0. The van der Waals surface area contributed by atoms with Crippen molar-refractivity contribution in [2.75, 3.05) is 16.8 Å². The van der Waals surface area contributed by atoms with E-state index in [1.807, 2.05) is 47.8 Å². The molecule has 0 aliphatic heterocycles. The zero-order valence-corrected chi connectivity index (χ0v) is 18.8. The Kier molecular flexibility index (Phi) is 7.30. The third-order valence-electron chi connectivity index (χ3n) is 4.90. The minimum atomic E-state index is -0.215. The van der Waals surface area contributed by atoms with E-state index in [1.54, 1.807) is 0 Å². The molecule has 156 valence electrons. The Labute approximate surface area is 189 Å². The van der Waals surface area contributed by atoms with Gasteiger partial charge >= 0.3 is 0 Å². The molecule has 1 aromatic carbocycles. The van der Waals surface area contributed by atoms with Gasteiger partial charge in [-0.05, 0) is 41.5 Å². The topological polar surface area (TPSA) is 116 Å². The van der Waals surface area contributed by atoms with Gasteiger partial charge in [-0.25, -0.2) is 4.98 Å². The first-order valence-electron chi connectivity index (χ1n) is 9.68. The number of nitriles is 2. The molecule has 0 aliphatic rings. The van der Waals surface area contributed by atoms with Crippen LogP contribution in [0.5, 0.6) is 0 Å². The molecule has 3 aromatic rings. The number of aromatic nitrogens is 1. The summed E-state index contributed by atoms with van der Waals surface area (Å²) < 4.78 is 0. The van der Waals surface area contributed by atoms with E-state index in [4.69, 9.17) is 5.73 Å². The van der Waals surface area contributed by atoms with E-state index in [2.05, 4.69) is 30.2 Å². The molecule has 0 saturated carbocycles. The fourth-order valence-corrected chi connectivity index (χ4v) is 4.61. The predicted octanol–water partition coefficient (Wildman–Crippen LogP) is 5.38. The number of benzene rings is 1. The van der Waals surface area contributed by atoms with Crippen LogP contribution in [-0.2, 0) is 4.79 Å². The molecule has 0 unspecified atom stereocenters. The second-order valence-electron chi connectivity index (χ2n) is 6.90. The van der Waals surface area contributed by atoms with E-state index in [9.17, 15) is 15.3 Å². The number of amides is 1. The van der Waals surface area contributed by atoms with Gasteiger partial charge in [0.1, 0.15) is 28.5 Å². The van der Waals surface area contributed by atoms with Gasteiger partial charge in [0.2, 0.25) is 5.91 Å². The molecule has 2 heterocycles. The number of nitrogens with two attached hydrogens (primary N) is 1. The highest BCUT2D eigenvalue weighted by Crippen LogP contribution is 2.37. The maximum Gasteiger partial charge on any atom is 0.234 e. The first kappa shape index (κ1) is 22.4. The molecule has 8 heteroatoms. The lowest BCUT2D eigenvalue weighted by molar-refractivity contribution is -0.113. The van der Waals surface area contributed by atoms with Crippen LogP contribution in [0.1, 0.15) is 42.9 Å². The number of nitrogens with one attached hydrogen (secondary N) is 1. The number of carbonyl (C=O) groups is 1. The Bertz CT molecular complexity index is 1160. The number of pyridine rings is 1. The molecule has 0 bridgehead atoms. The molecule has 2 aromatic heterocycles. The molecule has 0 spiro atoms. The average molecular weight is 448 g/mol. The Morgan fingerprint density at radius 2 is 1.94 bits per heavy atom. The van der Waals surface area contributed by atoms with E-state index in [0.717, 1.165) is 23.1 Å². The van der Waals surface area contributed by atoms with Crippen molar-refractivity contribution in [1.82, 2.24) is 4.98 Å². The van der Waals surface area contributed by atoms with Crippen LogP contribution in [0.4, 0.5) is 11.5 Å². The van der Waals surface area contributed by atoms with E-state index < -0.39 is 0 Å². The monoisotopic (exact) mass is 447 g/mol. The fourth-order valence-electron chi connectivity index (χ4n) is 3.03. The molecule has 0 saturated heterocycles. The van der Waals surface area contributed by atoms with Crippen LogP contribution in [0.25, 0.3) is 10.4 Å². The van der Waals surface area contributed by atoms with Gasteiger partial charge in [-0.3, -0.25) is 4.79 Å². The van der Waals surface area contributed by atoms with Crippen molar-refractivity contribution in [1.29, 1.82) is 10.5 Å². The Hall–Kier alpha value is -3.33. The van der Waals surface area contributed by atoms with Crippen molar-refractivity contribution < 1.29 is 4.79 Å². The van der Waals surface area contributed by atoms with Crippen molar-refractivity contribution >= 4 is 40.5 Å². The van der Waals surface area contributed by atoms with Crippen molar-refractivity contribution in [2.24, 2.45) is 0 Å². The molecule has 31 heavy (non-hydrogen) atoms. The van der Waals surface area contributed by atoms with E-state index in [1.165, 1.54) is 16.9 Å². The highest BCUT2D eigenvalue weighted by Gasteiger charge is 2.21. The molecule has 1 atom stereocenters. The van der Waals surface area contributed by atoms with Crippen LogP contribution in [0, 0.1) is 22.7 Å². The van der Waals surface area contributed by atoms with Gasteiger partial charge in [0.05, 0.1) is 11.3 Å². The summed E-state index contributed by atoms with van der Waals surface area (Å²) in [6.45, 7) is 4.30. The molecule has 6 nitrogen and oxygen atoms in total. The zero-order valence-electron chi connectivity index (χ0n) is 17.2. The van der Waals surface area contributed by atoms with Gasteiger partial charge in [0.15, 0.2) is 0 Å². The van der Waals surface area contributed by atoms with Crippen LogP contribution < -0.4 is 11.1 Å². The minimum Gasteiger partial charge on any atom is -0.383 e. The van der Waals surface area contributed by atoms with Gasteiger partial charge in [-0.2, -0.15) is 10.5 Å². The van der Waals surface area contributed by atoms with Crippen LogP contribution in [0.15, 0.2) is 46.8 Å². The van der Waals surface area contributed by atoms with Crippen molar-refractivity contribution in [3.63, 3.8) is 0 Å². The number of hydrogen-bond donors (Lipinski definition) is 2. The number of nitrogen functional groups attached to an aromatic ring is 1. The zero-order chi connectivity index (χ0) is 22.4. The lowest BCUT2D eigenvalue weighted by Gasteiger charge is -2.12. The van der Waals surface area contributed by atoms with Gasteiger partial charge in [0.25, 0.3) is 0 Å². The third-order valence-corrected chi connectivity index (χ3v) is 6.76. The molecule has 3 N–H and O–H groups in total. The molecule has 3 rings (SSSR count). The second-order valence-corrected chi connectivity index (χ2v) is 8.81. The third kappa shape index (κ3) is 5.05. The summed E-state index contributed by atoms with van der Waals surface area (Å²) in [6.07, 6.45) is 1.05. The molecule has 0 aliphatic carbocycles. The van der Waals surface area contributed by atoms with Gasteiger partial charge in [0, 0.05) is 16.1 Å². The smallest absolute Gasteiger partial charge is 0.234 e. The van der Waals surface area contributed by atoms with E-state index >= 15 is 0 Å². The summed E-state index contributed by atoms with van der Waals surface area (Å²) in [6, 6.07) is 15.6. The normalized spacial score (nSPS) is 11.4. The molecular weight excluding hydrogens is 426 g/mol. The molecule has 1 amide bonds. The maximum absolute atomic E-state index is 12.5. The second kappa shape index (κ2) is 10.1. The summed E-state index contributed by atoms with van der Waals surface area (Å²) >= 11 is 2.53. The highest BCUT2D eigenvalue weighted by atomic mass is 32.2. The number of hydrogen-bond acceptors (Lipinski definition) is 7. The van der Waals surface area contributed by atoms with Crippen molar-refractivity contribution in [3.8, 4) is 22.6 Å². The lowest BCUT2D eigenvalue weighted by atomic mass is 9.99. The molecular formula is C23H21N5OS2. The van der Waals surface area contributed by atoms with Crippen molar-refractivity contribution in [2.45, 2.75) is 31.2 Å². The largest absolute Gasteiger partial charge is 0.383 e. The predicted molar refractivity (Wildman–Crippen MR) is 126 cm³/mol. The Morgan fingerprint density at radius 1 is 1.23 bits per heavy atom. The number of anilines is 2. The van der Waals surface area contributed by atoms with Gasteiger partial charge in [-0.1, -0.05) is 43.8 Å². The number of nitrogens with zero attached hydrogens (tertiary/aromatic N) is 3. The SMILES string of the molecule is CC[C@@H](C)c1ccc(NC(=O)CSc2nc(N)c(C#N)c(-c3cccs3)c2C#N)cc1. The van der Waals surface area contributed by atoms with Crippen LogP contribution in [0.3, 0.4) is 0 Å². The summed E-state index contributed by atoms with van der Waals surface area (Å²) in [5.41, 5.74) is 8.83. The standard InChI is InChI=1S/C23H21N5OS2/c1-3-14(2)15-6-8-16(9-7-15)27-20(29)13-31-23-18(12-25)21(19-5-4-10-30-19)17(11-24)22(26)28-23/h4-10,14H,3,13H2,1-2H3,(H2,26,28)(H,27,29)/t14-/m1/s1. The van der Waals surface area contributed by atoms with Crippen LogP contribution >= 0.6 is 23.1 Å². The van der Waals surface area contributed by atoms with Crippen LogP contribution in [-0.4, -0.2) is 16.6 Å². The Balaban J connectivity index is 1.78. The highest BCUT2D eigenvalue weighted by molar-refractivity contribution is 8.00. The minimum absolute atomic E-state index is 0.0495. The molecule has 0 radical (unpaired) electrons. The molecule has 0 fully saturated rings. The first-order chi connectivity index (χ1) is 15.0. The van der Waals surface area contributed by atoms with Crippen molar-refractivity contribution in [3.05, 3.63) is 58.5 Å². The quantitative estimate of drug-likeness (QED) is 0.470. The van der Waals surface area contributed by atoms with Gasteiger partial charge < -0.3 is 11.1 Å². The Morgan fingerprint density at radius 3 is 2.52 bits per heavy atom. The number of rotatable bonds is 7. The fraction of sp³-hybridized carbons (Fsp3) is 0.217. The van der Waals surface area contributed by atoms with E-state index in [-0.39, 0.29) is 28.6 Å². The maximum atomic E-state index is 12.5. The summed E-state index contributed by atoms with van der Waals surface area (Å²) in [5.74, 6) is 0.362. The van der Waals surface area contributed by atoms with Gasteiger partial charge in [-0.15, -0.1) is 11.3 Å². The van der Waals surface area contributed by atoms with E-state index in [0.29, 0.717) is 22.2 Å². The lowest BCUT2D eigenvalue weighted by Crippen LogP contribution is -2.14.